The molecule has 0 fully saturated rings. The number of amides is 1. The zero-order valence-corrected chi connectivity index (χ0v) is 13.1. The molecule has 2 aromatic rings. The lowest BCUT2D eigenvalue weighted by atomic mass is 10.3. The van der Waals surface area contributed by atoms with Crippen molar-refractivity contribution in [3.8, 4) is 10.8 Å². The summed E-state index contributed by atoms with van der Waals surface area (Å²) in [5.74, 6) is -0.210. The molecule has 2 rings (SSSR count). The number of aryl methyl sites for hydroxylation is 1. The van der Waals surface area contributed by atoms with E-state index in [0.717, 1.165) is 4.88 Å². The number of hydrogen-bond acceptors (Lipinski definition) is 6. The van der Waals surface area contributed by atoms with Crippen LogP contribution in [0, 0.1) is 6.92 Å². The topological polar surface area (TPSA) is 72.6 Å². The first-order valence-electron chi connectivity index (χ1n) is 6.33. The Morgan fingerprint density at radius 3 is 2.71 bits per heavy atom. The molecule has 0 unspecified atom stereocenters. The van der Waals surface area contributed by atoms with E-state index < -0.39 is 12.1 Å². The zero-order valence-electron chi connectivity index (χ0n) is 12.2. The minimum Gasteiger partial charge on any atom is -0.448 e. The lowest BCUT2D eigenvalue weighted by molar-refractivity contribution is -0.137. The van der Waals surface area contributed by atoms with Gasteiger partial charge < -0.3 is 14.1 Å². The third-order valence-corrected chi connectivity index (χ3v) is 3.65. The summed E-state index contributed by atoms with van der Waals surface area (Å²) < 4.78 is 10.6. The first-order chi connectivity index (χ1) is 9.90. The molecular formula is C14H16N2O4S. The fourth-order valence-corrected chi connectivity index (χ4v) is 2.37. The van der Waals surface area contributed by atoms with Crippen molar-refractivity contribution >= 4 is 23.2 Å². The predicted molar refractivity (Wildman–Crippen MR) is 78.1 cm³/mol. The minimum absolute atomic E-state index is 0.0943. The Hall–Kier alpha value is -2.15. The summed E-state index contributed by atoms with van der Waals surface area (Å²) >= 11 is 1.46. The summed E-state index contributed by atoms with van der Waals surface area (Å²) in [6.07, 6.45) is -0.867. The first kappa shape index (κ1) is 15.2. The Bertz CT molecular complexity index is 646. The van der Waals surface area contributed by atoms with Crippen LogP contribution >= 0.6 is 11.3 Å². The van der Waals surface area contributed by atoms with Gasteiger partial charge in [0, 0.05) is 14.1 Å². The van der Waals surface area contributed by atoms with Gasteiger partial charge >= 0.3 is 5.97 Å². The van der Waals surface area contributed by atoms with E-state index in [0.29, 0.717) is 11.7 Å². The largest absolute Gasteiger partial charge is 0.448 e. The number of carbonyl (C=O) groups is 2. The van der Waals surface area contributed by atoms with Crippen LogP contribution in [0.1, 0.15) is 23.2 Å². The van der Waals surface area contributed by atoms with Crippen LogP contribution in [0.4, 0.5) is 0 Å². The zero-order chi connectivity index (χ0) is 15.6. The molecule has 1 atom stereocenters. The van der Waals surface area contributed by atoms with Crippen molar-refractivity contribution in [2.24, 2.45) is 0 Å². The maximum atomic E-state index is 12.1. The van der Waals surface area contributed by atoms with Gasteiger partial charge in [0.1, 0.15) is 5.76 Å². The molecule has 2 aromatic heterocycles. The van der Waals surface area contributed by atoms with Crippen LogP contribution in [0.15, 0.2) is 21.9 Å². The number of nitrogens with zero attached hydrogens (tertiary/aromatic N) is 2. The molecule has 7 heteroatoms. The molecule has 0 bridgehead atoms. The molecule has 0 aliphatic rings. The fourth-order valence-electron chi connectivity index (χ4n) is 1.72. The number of hydrogen-bond donors (Lipinski definition) is 0. The number of ether oxygens (including phenoxy) is 1. The first-order valence-corrected chi connectivity index (χ1v) is 7.21. The van der Waals surface area contributed by atoms with E-state index in [4.69, 9.17) is 9.15 Å². The lowest BCUT2D eigenvalue weighted by Crippen LogP contribution is -2.35. The van der Waals surface area contributed by atoms with E-state index in [2.05, 4.69) is 4.98 Å². The van der Waals surface area contributed by atoms with E-state index >= 15 is 0 Å². The number of likely N-dealkylation sites (N-methyl/N-ethyl adjacent to an activating group) is 1. The summed E-state index contributed by atoms with van der Waals surface area (Å²) in [6.45, 7) is 3.16. The van der Waals surface area contributed by atoms with Gasteiger partial charge in [-0.25, -0.2) is 9.78 Å². The van der Waals surface area contributed by atoms with Crippen molar-refractivity contribution in [3.05, 3.63) is 29.0 Å². The van der Waals surface area contributed by atoms with Gasteiger partial charge in [-0.1, -0.05) is 6.07 Å². The highest BCUT2D eigenvalue weighted by molar-refractivity contribution is 7.13. The Morgan fingerprint density at radius 2 is 2.14 bits per heavy atom. The van der Waals surface area contributed by atoms with Gasteiger partial charge in [-0.3, -0.25) is 4.79 Å². The molecule has 21 heavy (non-hydrogen) atoms. The van der Waals surface area contributed by atoms with Gasteiger partial charge in [0.2, 0.25) is 5.89 Å². The standard InChI is InChI=1S/C14H16N2O4S/c1-8-11(14(18)20-9(2)13(17)16(3)4)15-12(19-8)10-6-5-7-21-10/h5-7,9H,1-4H3/t9-/m1/s1. The number of rotatable bonds is 4. The molecule has 2 heterocycles. The van der Waals surface area contributed by atoms with Crippen LogP contribution in [0.3, 0.4) is 0 Å². The molecule has 0 saturated carbocycles. The molecular weight excluding hydrogens is 292 g/mol. The molecule has 0 spiro atoms. The van der Waals surface area contributed by atoms with Crippen LogP contribution in [0.5, 0.6) is 0 Å². The molecule has 0 radical (unpaired) electrons. The number of oxazole rings is 1. The van der Waals surface area contributed by atoms with Crippen molar-refractivity contribution in [1.82, 2.24) is 9.88 Å². The van der Waals surface area contributed by atoms with Gasteiger partial charge in [0.25, 0.3) is 5.91 Å². The van der Waals surface area contributed by atoms with E-state index in [-0.39, 0.29) is 11.6 Å². The molecule has 1 amide bonds. The van der Waals surface area contributed by atoms with Crippen LogP contribution in [-0.2, 0) is 9.53 Å². The highest BCUT2D eigenvalue weighted by Gasteiger charge is 2.25. The second-order valence-corrected chi connectivity index (χ2v) is 5.63. The Kier molecular flexibility index (Phi) is 4.42. The second kappa shape index (κ2) is 6.09. The van der Waals surface area contributed by atoms with Gasteiger partial charge in [-0.2, -0.15) is 0 Å². The third kappa shape index (κ3) is 3.30. The van der Waals surface area contributed by atoms with E-state index in [1.165, 1.54) is 23.2 Å². The molecule has 0 aliphatic heterocycles. The number of carbonyl (C=O) groups excluding carboxylic acids is 2. The van der Waals surface area contributed by atoms with E-state index in [1.54, 1.807) is 21.0 Å². The fraction of sp³-hybridized carbons (Fsp3) is 0.357. The Labute approximate surface area is 126 Å². The van der Waals surface area contributed by atoms with Gasteiger partial charge in [0.15, 0.2) is 11.8 Å². The molecule has 6 nitrogen and oxygen atoms in total. The Morgan fingerprint density at radius 1 is 1.43 bits per heavy atom. The number of thiophene rings is 1. The molecule has 0 N–H and O–H groups in total. The van der Waals surface area contributed by atoms with Crippen LogP contribution in [0.25, 0.3) is 10.8 Å². The van der Waals surface area contributed by atoms with Gasteiger partial charge in [0.05, 0.1) is 4.88 Å². The van der Waals surface area contributed by atoms with Crippen LogP contribution in [-0.4, -0.2) is 42.0 Å². The van der Waals surface area contributed by atoms with Crippen molar-refractivity contribution < 1.29 is 18.7 Å². The third-order valence-electron chi connectivity index (χ3n) is 2.79. The minimum atomic E-state index is -0.867. The van der Waals surface area contributed by atoms with Crippen LogP contribution in [0.2, 0.25) is 0 Å². The summed E-state index contributed by atoms with van der Waals surface area (Å²) in [5.41, 5.74) is 0.0943. The average molecular weight is 308 g/mol. The molecule has 0 aliphatic carbocycles. The maximum Gasteiger partial charge on any atom is 0.361 e. The highest BCUT2D eigenvalue weighted by atomic mass is 32.1. The summed E-state index contributed by atoms with van der Waals surface area (Å²) in [4.78, 5) is 30.1. The summed E-state index contributed by atoms with van der Waals surface area (Å²) in [5, 5.41) is 1.89. The monoisotopic (exact) mass is 308 g/mol. The van der Waals surface area contributed by atoms with Crippen molar-refractivity contribution in [2.45, 2.75) is 20.0 Å². The van der Waals surface area contributed by atoms with E-state index in [1.807, 2.05) is 17.5 Å². The quantitative estimate of drug-likeness (QED) is 0.811. The average Bonchev–Trinajstić information content (AvgIpc) is 3.06. The normalized spacial score (nSPS) is 12.0. The SMILES string of the molecule is Cc1oc(-c2cccs2)nc1C(=O)O[C@H](C)C(=O)N(C)C. The number of aromatic nitrogens is 1. The maximum absolute atomic E-state index is 12.1. The van der Waals surface area contributed by atoms with Gasteiger partial charge in [-0.15, -0.1) is 11.3 Å². The highest BCUT2D eigenvalue weighted by Crippen LogP contribution is 2.26. The molecule has 112 valence electrons. The predicted octanol–water partition coefficient (Wildman–Crippen LogP) is 2.35. The molecule has 0 aromatic carbocycles. The lowest BCUT2D eigenvalue weighted by Gasteiger charge is -2.16. The number of esters is 1. The smallest absolute Gasteiger partial charge is 0.361 e. The van der Waals surface area contributed by atoms with Crippen molar-refractivity contribution in [3.63, 3.8) is 0 Å². The van der Waals surface area contributed by atoms with E-state index in [9.17, 15) is 9.59 Å². The summed E-state index contributed by atoms with van der Waals surface area (Å²) in [7, 11) is 3.20. The van der Waals surface area contributed by atoms with Crippen molar-refractivity contribution in [2.75, 3.05) is 14.1 Å². The Balaban J connectivity index is 2.15. The van der Waals surface area contributed by atoms with Gasteiger partial charge in [-0.05, 0) is 25.3 Å². The molecule has 0 saturated heterocycles. The summed E-state index contributed by atoms with van der Waals surface area (Å²) in [6, 6.07) is 3.72. The van der Waals surface area contributed by atoms with Crippen LogP contribution < -0.4 is 0 Å². The second-order valence-electron chi connectivity index (χ2n) is 4.68. The van der Waals surface area contributed by atoms with Crippen molar-refractivity contribution in [1.29, 1.82) is 0 Å².